The summed E-state index contributed by atoms with van der Waals surface area (Å²) in [6.45, 7) is 0. The van der Waals surface area contributed by atoms with Crippen LogP contribution in [0.3, 0.4) is 0 Å². The van der Waals surface area contributed by atoms with Gasteiger partial charge in [-0.25, -0.2) is 0 Å². The minimum absolute atomic E-state index is 0.161. The Morgan fingerprint density at radius 3 is 2.79 bits per heavy atom. The molecule has 0 aliphatic heterocycles. The van der Waals surface area contributed by atoms with Crippen molar-refractivity contribution in [1.82, 2.24) is 19.8 Å². The Bertz CT molecular complexity index is 963. The number of anilines is 1. The first-order valence-electron chi connectivity index (χ1n) is 7.02. The lowest BCUT2D eigenvalue weighted by atomic mass is 10.3. The molecule has 0 aromatic carbocycles. The van der Waals surface area contributed by atoms with Crippen LogP contribution in [0.4, 0.5) is 5.88 Å². The topological polar surface area (TPSA) is 98.5 Å². The number of aromatic nitrogens is 4. The molecule has 0 fully saturated rings. The van der Waals surface area contributed by atoms with Gasteiger partial charge in [0.25, 0.3) is 0 Å². The normalized spacial score (nSPS) is 11.0. The van der Waals surface area contributed by atoms with Crippen molar-refractivity contribution < 1.29 is 13.6 Å². The van der Waals surface area contributed by atoms with Crippen molar-refractivity contribution in [1.29, 1.82) is 0 Å². The van der Waals surface area contributed by atoms with Crippen LogP contribution in [0, 0.1) is 0 Å². The number of nitrogens with zero attached hydrogens (tertiary/aromatic N) is 4. The molecule has 9 heteroatoms. The molecule has 0 saturated carbocycles. The molecule has 0 bridgehead atoms. The van der Waals surface area contributed by atoms with E-state index in [1.165, 1.54) is 18.0 Å². The first-order valence-corrected chi connectivity index (χ1v) is 8.01. The fourth-order valence-corrected chi connectivity index (χ4v) is 2.76. The molecule has 120 valence electrons. The first kappa shape index (κ1) is 14.5. The third-order valence-electron chi connectivity index (χ3n) is 3.12. The zero-order chi connectivity index (χ0) is 16.4. The number of amides is 1. The summed E-state index contributed by atoms with van der Waals surface area (Å²) in [4.78, 5) is 11.9. The van der Waals surface area contributed by atoms with Gasteiger partial charge in [-0.1, -0.05) is 11.8 Å². The largest absolute Gasteiger partial charge is 0.463 e. The van der Waals surface area contributed by atoms with Gasteiger partial charge in [-0.3, -0.25) is 10.1 Å². The van der Waals surface area contributed by atoms with E-state index in [0.717, 1.165) is 0 Å². The van der Waals surface area contributed by atoms with E-state index in [1.54, 1.807) is 41.1 Å². The molecule has 4 aromatic rings. The molecular formula is C15H11N5O3S. The molecule has 1 amide bonds. The summed E-state index contributed by atoms with van der Waals surface area (Å²) in [5, 5.41) is 15.7. The lowest BCUT2D eigenvalue weighted by molar-refractivity contribution is -0.113. The summed E-state index contributed by atoms with van der Waals surface area (Å²) in [5.41, 5.74) is 1.26. The smallest absolute Gasteiger partial charge is 0.237 e. The Morgan fingerprint density at radius 1 is 1.12 bits per heavy atom. The summed E-state index contributed by atoms with van der Waals surface area (Å²) in [6, 6.07) is 10.6. The summed E-state index contributed by atoms with van der Waals surface area (Å²) in [5.74, 6) is 1.02. The second-order valence-electron chi connectivity index (χ2n) is 4.76. The van der Waals surface area contributed by atoms with Gasteiger partial charge in [-0.15, -0.1) is 10.2 Å². The van der Waals surface area contributed by atoms with Gasteiger partial charge in [-0.2, -0.15) is 9.61 Å². The number of carbonyl (C=O) groups excluding carboxylic acids is 1. The number of hydrogen-bond donors (Lipinski definition) is 1. The number of carbonyl (C=O) groups is 1. The molecule has 0 spiro atoms. The SMILES string of the molecule is O=C(CSc1nnc2ccc(-c3ccco3)nn12)Nc1ccco1. The molecule has 4 heterocycles. The van der Waals surface area contributed by atoms with Crippen molar-refractivity contribution in [3.8, 4) is 11.5 Å². The molecule has 0 atom stereocenters. The third kappa shape index (κ3) is 2.88. The van der Waals surface area contributed by atoms with Crippen LogP contribution in [0.1, 0.15) is 0 Å². The zero-order valence-corrected chi connectivity index (χ0v) is 13.1. The average Bonchev–Trinajstić information content (AvgIpc) is 3.34. The van der Waals surface area contributed by atoms with Gasteiger partial charge in [0.05, 0.1) is 18.3 Å². The van der Waals surface area contributed by atoms with Gasteiger partial charge in [-0.05, 0) is 30.3 Å². The second-order valence-corrected chi connectivity index (χ2v) is 5.71. The van der Waals surface area contributed by atoms with E-state index in [9.17, 15) is 4.79 Å². The van der Waals surface area contributed by atoms with Crippen molar-refractivity contribution >= 4 is 29.2 Å². The molecule has 1 N–H and O–H groups in total. The zero-order valence-electron chi connectivity index (χ0n) is 12.2. The average molecular weight is 341 g/mol. The van der Waals surface area contributed by atoms with Crippen LogP contribution in [-0.4, -0.2) is 31.5 Å². The van der Waals surface area contributed by atoms with Crippen LogP contribution < -0.4 is 5.32 Å². The molecule has 0 aliphatic rings. The minimum Gasteiger partial charge on any atom is -0.463 e. The van der Waals surface area contributed by atoms with Crippen molar-refractivity contribution in [2.45, 2.75) is 5.16 Å². The summed E-state index contributed by atoms with van der Waals surface area (Å²) >= 11 is 1.24. The molecule has 0 saturated heterocycles. The van der Waals surface area contributed by atoms with Crippen molar-refractivity contribution in [3.63, 3.8) is 0 Å². The highest BCUT2D eigenvalue weighted by Gasteiger charge is 2.13. The predicted molar refractivity (Wildman–Crippen MR) is 86.5 cm³/mol. The van der Waals surface area contributed by atoms with Crippen molar-refractivity contribution in [2.24, 2.45) is 0 Å². The number of furan rings is 2. The maximum absolute atomic E-state index is 11.9. The van der Waals surface area contributed by atoms with E-state index in [2.05, 4.69) is 20.6 Å². The highest BCUT2D eigenvalue weighted by molar-refractivity contribution is 7.99. The first-order chi connectivity index (χ1) is 11.8. The summed E-state index contributed by atoms with van der Waals surface area (Å²) < 4.78 is 12.0. The van der Waals surface area contributed by atoms with Crippen LogP contribution in [0.15, 0.2) is 62.9 Å². The molecule has 4 rings (SSSR count). The van der Waals surface area contributed by atoms with Gasteiger partial charge in [0, 0.05) is 6.07 Å². The van der Waals surface area contributed by atoms with Gasteiger partial charge in [0.15, 0.2) is 17.3 Å². The Hall–Kier alpha value is -3.07. The second kappa shape index (κ2) is 6.20. The Labute approximate surface area is 139 Å². The maximum Gasteiger partial charge on any atom is 0.237 e. The number of thioether (sulfide) groups is 1. The minimum atomic E-state index is -0.200. The van der Waals surface area contributed by atoms with E-state index in [1.807, 2.05) is 6.07 Å². The molecule has 24 heavy (non-hydrogen) atoms. The van der Waals surface area contributed by atoms with E-state index in [-0.39, 0.29) is 11.7 Å². The van der Waals surface area contributed by atoms with Crippen LogP contribution in [-0.2, 0) is 4.79 Å². The van der Waals surface area contributed by atoms with Gasteiger partial charge in [0.2, 0.25) is 11.1 Å². The van der Waals surface area contributed by atoms with E-state index >= 15 is 0 Å². The maximum atomic E-state index is 11.9. The highest BCUT2D eigenvalue weighted by atomic mass is 32.2. The van der Waals surface area contributed by atoms with Crippen LogP contribution in [0.5, 0.6) is 0 Å². The Kier molecular flexibility index (Phi) is 3.75. The number of hydrogen-bond acceptors (Lipinski definition) is 7. The molecular weight excluding hydrogens is 330 g/mol. The molecule has 8 nitrogen and oxygen atoms in total. The third-order valence-corrected chi connectivity index (χ3v) is 4.04. The molecule has 0 unspecified atom stereocenters. The van der Waals surface area contributed by atoms with Crippen LogP contribution >= 0.6 is 11.8 Å². The Morgan fingerprint density at radius 2 is 2.00 bits per heavy atom. The standard InChI is InChI=1S/C15H11N5O3S/c21-13(16-14-4-2-8-23-14)9-24-15-18-17-12-6-5-10(19-20(12)15)11-3-1-7-22-11/h1-8H,9H2,(H,16,21). The molecule has 0 aliphatic carbocycles. The monoisotopic (exact) mass is 341 g/mol. The van der Waals surface area contributed by atoms with Crippen LogP contribution in [0.2, 0.25) is 0 Å². The van der Waals surface area contributed by atoms with Gasteiger partial charge in [0.1, 0.15) is 5.69 Å². The summed E-state index contributed by atoms with van der Waals surface area (Å²) in [6.07, 6.45) is 3.08. The fraction of sp³-hybridized carbons (Fsp3) is 0.0667. The van der Waals surface area contributed by atoms with E-state index in [0.29, 0.717) is 28.1 Å². The molecule has 4 aromatic heterocycles. The number of rotatable bonds is 5. The van der Waals surface area contributed by atoms with E-state index < -0.39 is 0 Å². The van der Waals surface area contributed by atoms with Crippen molar-refractivity contribution in [3.05, 3.63) is 48.9 Å². The quantitative estimate of drug-likeness (QED) is 0.557. The fourth-order valence-electron chi connectivity index (χ4n) is 2.07. The lowest BCUT2D eigenvalue weighted by Crippen LogP contribution is -2.13. The highest BCUT2D eigenvalue weighted by Crippen LogP contribution is 2.21. The lowest BCUT2D eigenvalue weighted by Gasteiger charge is -2.02. The van der Waals surface area contributed by atoms with Crippen molar-refractivity contribution in [2.75, 3.05) is 11.1 Å². The van der Waals surface area contributed by atoms with Gasteiger partial charge < -0.3 is 8.83 Å². The van der Waals surface area contributed by atoms with Crippen LogP contribution in [0.25, 0.3) is 17.1 Å². The van der Waals surface area contributed by atoms with E-state index in [4.69, 9.17) is 8.83 Å². The predicted octanol–water partition coefficient (Wildman–Crippen LogP) is 2.71. The number of nitrogens with one attached hydrogen (secondary N) is 1. The summed E-state index contributed by atoms with van der Waals surface area (Å²) in [7, 11) is 0. The molecule has 0 radical (unpaired) electrons. The Balaban J connectivity index is 1.51. The van der Waals surface area contributed by atoms with Gasteiger partial charge >= 0.3 is 0 Å². The number of fused-ring (bicyclic) bond motifs is 1.